The largest absolute Gasteiger partial charge is 0.445 e. The van der Waals surface area contributed by atoms with Crippen molar-refractivity contribution in [3.8, 4) is 17.2 Å². The molecule has 1 aromatic heterocycles. The highest BCUT2D eigenvalue weighted by molar-refractivity contribution is 5.97. The normalized spacial score (nSPS) is 10.3. The molecule has 3 heteroatoms. The Morgan fingerprint density at radius 1 is 1.05 bits per heavy atom. The third-order valence-electron chi connectivity index (χ3n) is 3.03. The van der Waals surface area contributed by atoms with Crippen LogP contribution in [0.5, 0.6) is 0 Å². The van der Waals surface area contributed by atoms with Gasteiger partial charge in [0.15, 0.2) is 0 Å². The van der Waals surface area contributed by atoms with E-state index in [1.54, 1.807) is 12.1 Å². The van der Waals surface area contributed by atoms with Gasteiger partial charge in [0.1, 0.15) is 17.9 Å². The molecule has 3 nitrogen and oxygen atoms in total. The van der Waals surface area contributed by atoms with E-state index in [0.29, 0.717) is 16.9 Å². The van der Waals surface area contributed by atoms with Crippen LogP contribution in [0.25, 0.3) is 22.1 Å². The smallest absolute Gasteiger partial charge is 0.212 e. The van der Waals surface area contributed by atoms with Crippen LogP contribution in [0.2, 0.25) is 0 Å². The minimum absolute atomic E-state index is 0.292. The second kappa shape index (κ2) is 4.43. The molecule has 0 amide bonds. The van der Waals surface area contributed by atoms with E-state index >= 15 is 0 Å². The quantitative estimate of drug-likeness (QED) is 0.647. The lowest BCUT2D eigenvalue weighted by Gasteiger charge is -1.99. The number of rotatable bonds is 2. The van der Waals surface area contributed by atoms with Gasteiger partial charge in [-0.25, -0.2) is 0 Å². The Balaban J connectivity index is 2.28. The SMILES string of the molecule is N#Cc1oc2ccccc2c1-c1ccc(C=O)cc1. The molecule has 0 saturated carbocycles. The molecule has 0 N–H and O–H groups in total. The van der Waals surface area contributed by atoms with Crippen molar-refractivity contribution >= 4 is 17.3 Å². The number of fused-ring (bicyclic) bond motifs is 1. The van der Waals surface area contributed by atoms with Crippen LogP contribution in [0.4, 0.5) is 0 Å². The fraction of sp³-hybridized carbons (Fsp3) is 0. The summed E-state index contributed by atoms with van der Waals surface area (Å²) in [5.74, 6) is 0.292. The molecule has 0 fully saturated rings. The Labute approximate surface area is 109 Å². The van der Waals surface area contributed by atoms with Crippen molar-refractivity contribution in [3.05, 3.63) is 59.9 Å². The van der Waals surface area contributed by atoms with E-state index in [4.69, 9.17) is 4.42 Å². The maximum atomic E-state index is 10.7. The first kappa shape index (κ1) is 11.2. The van der Waals surface area contributed by atoms with Gasteiger partial charge in [0.05, 0.1) is 0 Å². The topological polar surface area (TPSA) is 54.0 Å². The van der Waals surface area contributed by atoms with E-state index in [9.17, 15) is 10.1 Å². The van der Waals surface area contributed by atoms with E-state index in [-0.39, 0.29) is 0 Å². The third-order valence-corrected chi connectivity index (χ3v) is 3.03. The molecule has 3 rings (SSSR count). The second-order valence-electron chi connectivity index (χ2n) is 4.15. The first-order chi connectivity index (χ1) is 9.33. The molecular formula is C16H9NO2. The van der Waals surface area contributed by atoms with Crippen molar-refractivity contribution in [2.45, 2.75) is 0 Å². The minimum atomic E-state index is 0.292. The molecule has 2 aromatic carbocycles. The molecule has 0 radical (unpaired) electrons. The predicted octanol–water partition coefficient (Wildman–Crippen LogP) is 3.78. The van der Waals surface area contributed by atoms with E-state index in [1.165, 1.54) is 0 Å². The lowest BCUT2D eigenvalue weighted by Crippen LogP contribution is -1.82. The van der Waals surface area contributed by atoms with Gasteiger partial charge in [-0.15, -0.1) is 0 Å². The first-order valence-electron chi connectivity index (χ1n) is 5.80. The van der Waals surface area contributed by atoms with Crippen molar-refractivity contribution in [2.24, 2.45) is 0 Å². The lowest BCUT2D eigenvalue weighted by atomic mass is 10.0. The van der Waals surface area contributed by atoms with E-state index in [2.05, 4.69) is 6.07 Å². The van der Waals surface area contributed by atoms with Crippen molar-refractivity contribution in [1.82, 2.24) is 0 Å². The maximum absolute atomic E-state index is 10.7. The summed E-state index contributed by atoms with van der Waals surface area (Å²) < 4.78 is 5.53. The zero-order valence-corrected chi connectivity index (χ0v) is 9.96. The Hall–Kier alpha value is -2.86. The number of carbonyl (C=O) groups excluding carboxylic acids is 1. The molecule has 0 spiro atoms. The number of hydrogen-bond donors (Lipinski definition) is 0. The highest BCUT2D eigenvalue weighted by Crippen LogP contribution is 2.34. The molecule has 90 valence electrons. The molecular weight excluding hydrogens is 238 g/mol. The minimum Gasteiger partial charge on any atom is -0.445 e. The Bertz CT molecular complexity index is 792. The van der Waals surface area contributed by atoms with Crippen LogP contribution in [0.3, 0.4) is 0 Å². The summed E-state index contributed by atoms with van der Waals surface area (Å²) in [6.45, 7) is 0. The number of para-hydroxylation sites is 1. The van der Waals surface area contributed by atoms with Crippen molar-refractivity contribution < 1.29 is 9.21 Å². The standard InChI is InChI=1S/C16H9NO2/c17-9-15-16(12-7-5-11(10-18)6-8-12)13-3-1-2-4-14(13)19-15/h1-8,10H. The molecule has 0 atom stereocenters. The summed E-state index contributed by atoms with van der Waals surface area (Å²) in [5, 5.41) is 10.1. The van der Waals surface area contributed by atoms with Gasteiger partial charge in [0, 0.05) is 16.5 Å². The van der Waals surface area contributed by atoms with Crippen LogP contribution >= 0.6 is 0 Å². The predicted molar refractivity (Wildman–Crippen MR) is 71.8 cm³/mol. The van der Waals surface area contributed by atoms with Crippen LogP contribution in [0, 0.1) is 11.3 Å². The van der Waals surface area contributed by atoms with E-state index < -0.39 is 0 Å². The van der Waals surface area contributed by atoms with Gasteiger partial charge in [0.2, 0.25) is 5.76 Å². The van der Waals surface area contributed by atoms with Crippen molar-refractivity contribution in [1.29, 1.82) is 5.26 Å². The highest BCUT2D eigenvalue weighted by atomic mass is 16.3. The molecule has 0 saturated heterocycles. The fourth-order valence-corrected chi connectivity index (χ4v) is 2.14. The number of nitriles is 1. The number of benzene rings is 2. The van der Waals surface area contributed by atoms with Crippen LogP contribution in [0.1, 0.15) is 16.1 Å². The summed E-state index contributed by atoms with van der Waals surface area (Å²) in [6, 6.07) is 16.7. The monoisotopic (exact) mass is 247 g/mol. The molecule has 0 bridgehead atoms. The summed E-state index contributed by atoms with van der Waals surface area (Å²) in [6.07, 6.45) is 0.794. The molecule has 3 aromatic rings. The maximum Gasteiger partial charge on any atom is 0.212 e. The summed E-state index contributed by atoms with van der Waals surface area (Å²) in [7, 11) is 0. The number of hydrogen-bond acceptors (Lipinski definition) is 3. The number of furan rings is 1. The average Bonchev–Trinajstić information content (AvgIpc) is 2.86. The summed E-state index contributed by atoms with van der Waals surface area (Å²) in [5.41, 5.74) is 2.94. The second-order valence-corrected chi connectivity index (χ2v) is 4.15. The summed E-state index contributed by atoms with van der Waals surface area (Å²) >= 11 is 0. The van der Waals surface area contributed by atoms with E-state index in [0.717, 1.165) is 22.8 Å². The Morgan fingerprint density at radius 3 is 2.47 bits per heavy atom. The Morgan fingerprint density at radius 2 is 1.79 bits per heavy atom. The summed E-state index contributed by atoms with van der Waals surface area (Å²) in [4.78, 5) is 10.7. The zero-order chi connectivity index (χ0) is 13.2. The molecule has 0 aliphatic rings. The molecule has 19 heavy (non-hydrogen) atoms. The third kappa shape index (κ3) is 1.80. The number of aldehydes is 1. The average molecular weight is 247 g/mol. The molecule has 1 heterocycles. The van der Waals surface area contributed by atoms with Crippen LogP contribution in [-0.2, 0) is 0 Å². The van der Waals surface area contributed by atoms with Crippen molar-refractivity contribution in [2.75, 3.05) is 0 Å². The first-order valence-corrected chi connectivity index (χ1v) is 5.80. The van der Waals surface area contributed by atoms with Crippen molar-refractivity contribution in [3.63, 3.8) is 0 Å². The zero-order valence-electron chi connectivity index (χ0n) is 9.96. The van der Waals surface area contributed by atoms with Crippen LogP contribution in [-0.4, -0.2) is 6.29 Å². The van der Waals surface area contributed by atoms with Gasteiger partial charge in [-0.1, -0.05) is 42.5 Å². The van der Waals surface area contributed by atoms with Gasteiger partial charge < -0.3 is 4.42 Å². The number of carbonyl (C=O) groups is 1. The van der Waals surface area contributed by atoms with E-state index in [1.807, 2.05) is 36.4 Å². The molecule has 0 aliphatic carbocycles. The molecule has 0 unspecified atom stereocenters. The Kier molecular flexibility index (Phi) is 2.62. The van der Waals surface area contributed by atoms with Gasteiger partial charge in [-0.2, -0.15) is 5.26 Å². The van der Waals surface area contributed by atoms with Gasteiger partial charge in [-0.05, 0) is 11.6 Å². The fourth-order valence-electron chi connectivity index (χ4n) is 2.14. The van der Waals surface area contributed by atoms with Crippen LogP contribution < -0.4 is 0 Å². The van der Waals surface area contributed by atoms with Gasteiger partial charge in [-0.3, -0.25) is 4.79 Å². The van der Waals surface area contributed by atoms with Crippen LogP contribution in [0.15, 0.2) is 52.9 Å². The van der Waals surface area contributed by atoms with Gasteiger partial charge >= 0.3 is 0 Å². The molecule has 0 aliphatic heterocycles. The lowest BCUT2D eigenvalue weighted by molar-refractivity contribution is 0.112. The van der Waals surface area contributed by atoms with Gasteiger partial charge in [0.25, 0.3) is 0 Å². The highest BCUT2D eigenvalue weighted by Gasteiger charge is 2.15. The number of nitrogens with zero attached hydrogens (tertiary/aromatic N) is 1.